The van der Waals surface area contributed by atoms with Gasteiger partial charge in [0, 0.05) is 0 Å². The maximum absolute atomic E-state index is 12.8. The Morgan fingerprint density at radius 2 is 1.61 bits per heavy atom. The molecule has 0 heterocycles. The average Bonchev–Trinajstić information content (AvgIpc) is 2.74. The SMILES string of the molecule is C[C@H]1[C@H](C)CC[C@]2(C(=O)O)CC[C@]3(C)C(=CC[C@@H]4[C@@]5(C)CC[C@@H](O)C(C)(C)[C@@H]5CC[C@]43C)[C@H]12. The first-order chi connectivity index (χ1) is 15.3. The summed E-state index contributed by atoms with van der Waals surface area (Å²) in [5.74, 6) is 1.82. The quantitative estimate of drug-likeness (QED) is 0.414. The third-order valence-corrected chi connectivity index (χ3v) is 13.4. The lowest BCUT2D eigenvalue weighted by molar-refractivity contribution is -0.206. The number of carboxylic acids is 1. The highest BCUT2D eigenvalue weighted by atomic mass is 16.4. The molecular formula is C30H48O3. The molecule has 2 N–H and O–H groups in total. The van der Waals surface area contributed by atoms with Crippen molar-refractivity contribution < 1.29 is 15.0 Å². The Labute approximate surface area is 201 Å². The average molecular weight is 457 g/mol. The molecule has 0 saturated heterocycles. The van der Waals surface area contributed by atoms with Gasteiger partial charge in [0.15, 0.2) is 0 Å². The summed E-state index contributed by atoms with van der Waals surface area (Å²) in [4.78, 5) is 12.8. The summed E-state index contributed by atoms with van der Waals surface area (Å²) in [5.41, 5.74) is 1.46. The van der Waals surface area contributed by atoms with Crippen molar-refractivity contribution in [3.05, 3.63) is 11.6 Å². The molecule has 186 valence electrons. The smallest absolute Gasteiger partial charge is 0.310 e. The molecule has 3 heteroatoms. The van der Waals surface area contributed by atoms with Crippen LogP contribution in [0.3, 0.4) is 0 Å². The topological polar surface area (TPSA) is 57.5 Å². The maximum Gasteiger partial charge on any atom is 0.310 e. The monoisotopic (exact) mass is 456 g/mol. The number of aliphatic hydroxyl groups is 1. The summed E-state index contributed by atoms with van der Waals surface area (Å²) in [6.07, 6.45) is 11.6. The van der Waals surface area contributed by atoms with Crippen LogP contribution in [0.4, 0.5) is 0 Å². The van der Waals surface area contributed by atoms with Gasteiger partial charge in [0.25, 0.3) is 0 Å². The van der Waals surface area contributed by atoms with E-state index in [1.807, 2.05) is 0 Å². The fourth-order valence-corrected chi connectivity index (χ4v) is 10.8. The number of aliphatic hydroxyl groups excluding tert-OH is 1. The highest BCUT2D eigenvalue weighted by molar-refractivity contribution is 5.76. The Morgan fingerprint density at radius 3 is 2.27 bits per heavy atom. The van der Waals surface area contributed by atoms with Gasteiger partial charge in [-0.15, -0.1) is 0 Å². The van der Waals surface area contributed by atoms with Gasteiger partial charge in [-0.25, -0.2) is 0 Å². The van der Waals surface area contributed by atoms with E-state index in [1.165, 1.54) is 18.4 Å². The van der Waals surface area contributed by atoms with E-state index in [2.05, 4.69) is 54.5 Å². The molecule has 0 aromatic rings. The maximum atomic E-state index is 12.8. The number of allylic oxidation sites excluding steroid dienone is 2. The molecular weight excluding hydrogens is 408 g/mol. The normalized spacial score (nSPS) is 55.3. The van der Waals surface area contributed by atoms with E-state index < -0.39 is 11.4 Å². The van der Waals surface area contributed by atoms with Gasteiger partial charge in [-0.1, -0.05) is 60.1 Å². The van der Waals surface area contributed by atoms with E-state index in [-0.39, 0.29) is 33.7 Å². The fourth-order valence-electron chi connectivity index (χ4n) is 10.8. The number of aliphatic carboxylic acids is 1. The molecule has 0 aromatic carbocycles. The minimum Gasteiger partial charge on any atom is -0.481 e. The summed E-state index contributed by atoms with van der Waals surface area (Å²) in [5, 5.41) is 21.4. The van der Waals surface area contributed by atoms with Crippen molar-refractivity contribution in [2.75, 3.05) is 0 Å². The highest BCUT2D eigenvalue weighted by Gasteiger charge is 2.69. The predicted molar refractivity (Wildman–Crippen MR) is 133 cm³/mol. The lowest BCUT2D eigenvalue weighted by Crippen LogP contribution is -2.65. The van der Waals surface area contributed by atoms with Crippen LogP contribution in [0.2, 0.25) is 0 Å². The van der Waals surface area contributed by atoms with Crippen LogP contribution < -0.4 is 0 Å². The zero-order chi connectivity index (χ0) is 24.2. The highest BCUT2D eigenvalue weighted by Crippen LogP contribution is 2.75. The second kappa shape index (κ2) is 7.11. The van der Waals surface area contributed by atoms with Crippen LogP contribution in [0.25, 0.3) is 0 Å². The van der Waals surface area contributed by atoms with E-state index in [1.54, 1.807) is 0 Å². The first-order valence-electron chi connectivity index (χ1n) is 13.9. The molecule has 0 bridgehead atoms. The number of hydrogen-bond donors (Lipinski definition) is 2. The van der Waals surface area contributed by atoms with Crippen LogP contribution in [0.1, 0.15) is 106 Å². The van der Waals surface area contributed by atoms with Crippen molar-refractivity contribution in [1.82, 2.24) is 0 Å². The van der Waals surface area contributed by atoms with Crippen molar-refractivity contribution in [2.24, 2.45) is 56.7 Å². The standard InChI is InChI=1S/C30H48O3/c1-18-10-15-30(25(32)33)17-16-28(6)20(24(30)19(18)2)8-9-22-27(5)13-12-23(31)26(3,4)21(27)11-14-29(22,28)7/h8,18-19,21-24,31H,9-17H2,1-7H3,(H,32,33)/t18-,19+,21+,22-,23-,24+,27+,28-,29-,30+/m1/s1. The number of carboxylic acid groups (broad SMARTS) is 1. The molecule has 0 unspecified atom stereocenters. The Morgan fingerprint density at radius 1 is 0.909 bits per heavy atom. The Hall–Kier alpha value is -0.830. The zero-order valence-corrected chi connectivity index (χ0v) is 22.2. The van der Waals surface area contributed by atoms with Gasteiger partial charge in [0.1, 0.15) is 0 Å². The van der Waals surface area contributed by atoms with E-state index in [0.717, 1.165) is 44.9 Å². The number of hydrogen-bond acceptors (Lipinski definition) is 2. The zero-order valence-electron chi connectivity index (χ0n) is 22.2. The molecule has 4 saturated carbocycles. The number of carbonyl (C=O) groups is 1. The summed E-state index contributed by atoms with van der Waals surface area (Å²) < 4.78 is 0. The van der Waals surface area contributed by atoms with Crippen molar-refractivity contribution in [1.29, 1.82) is 0 Å². The van der Waals surface area contributed by atoms with Crippen molar-refractivity contribution in [3.8, 4) is 0 Å². The summed E-state index contributed by atoms with van der Waals surface area (Å²) in [6, 6.07) is 0. The molecule has 0 aromatic heterocycles. The van der Waals surface area contributed by atoms with Crippen molar-refractivity contribution >= 4 is 5.97 Å². The molecule has 5 rings (SSSR count). The van der Waals surface area contributed by atoms with Gasteiger partial charge in [-0.05, 0) is 109 Å². The van der Waals surface area contributed by atoms with Crippen LogP contribution >= 0.6 is 0 Å². The number of fused-ring (bicyclic) bond motifs is 7. The van der Waals surface area contributed by atoms with Gasteiger partial charge >= 0.3 is 5.97 Å². The predicted octanol–water partition coefficient (Wildman–Crippen LogP) is 7.09. The van der Waals surface area contributed by atoms with E-state index in [4.69, 9.17) is 0 Å². The van der Waals surface area contributed by atoms with Crippen LogP contribution in [-0.4, -0.2) is 22.3 Å². The van der Waals surface area contributed by atoms with E-state index >= 15 is 0 Å². The molecule has 5 aliphatic carbocycles. The molecule has 33 heavy (non-hydrogen) atoms. The second-order valence-electron chi connectivity index (χ2n) is 14.5. The third-order valence-electron chi connectivity index (χ3n) is 13.4. The summed E-state index contributed by atoms with van der Waals surface area (Å²) in [6.45, 7) is 17.0. The Bertz CT molecular complexity index is 874. The van der Waals surface area contributed by atoms with Gasteiger partial charge in [0.2, 0.25) is 0 Å². The Kier molecular flexibility index (Phi) is 5.15. The van der Waals surface area contributed by atoms with Crippen molar-refractivity contribution in [2.45, 2.75) is 112 Å². The van der Waals surface area contributed by atoms with Gasteiger partial charge in [-0.3, -0.25) is 4.79 Å². The van der Waals surface area contributed by atoms with Crippen LogP contribution in [0.15, 0.2) is 11.6 Å². The minimum absolute atomic E-state index is 0.0302. The van der Waals surface area contributed by atoms with E-state index in [9.17, 15) is 15.0 Å². The van der Waals surface area contributed by atoms with Gasteiger partial charge in [-0.2, -0.15) is 0 Å². The molecule has 0 aliphatic heterocycles. The lowest BCUT2D eigenvalue weighted by Gasteiger charge is -2.71. The first-order valence-corrected chi connectivity index (χ1v) is 13.9. The third kappa shape index (κ3) is 2.75. The van der Waals surface area contributed by atoms with Crippen LogP contribution in [0, 0.1) is 56.7 Å². The van der Waals surface area contributed by atoms with Crippen LogP contribution in [0.5, 0.6) is 0 Å². The largest absolute Gasteiger partial charge is 0.481 e. The molecule has 5 aliphatic rings. The van der Waals surface area contributed by atoms with E-state index in [0.29, 0.717) is 23.7 Å². The second-order valence-corrected chi connectivity index (χ2v) is 14.5. The van der Waals surface area contributed by atoms with Gasteiger partial charge in [0.05, 0.1) is 11.5 Å². The van der Waals surface area contributed by atoms with Crippen LogP contribution in [-0.2, 0) is 4.79 Å². The minimum atomic E-state index is -0.557. The molecule has 4 fully saturated rings. The summed E-state index contributed by atoms with van der Waals surface area (Å²) in [7, 11) is 0. The molecule has 0 radical (unpaired) electrons. The first kappa shape index (κ1) is 23.9. The fraction of sp³-hybridized carbons (Fsp3) is 0.900. The summed E-state index contributed by atoms with van der Waals surface area (Å²) >= 11 is 0. The van der Waals surface area contributed by atoms with Gasteiger partial charge < -0.3 is 10.2 Å². The van der Waals surface area contributed by atoms with Crippen molar-refractivity contribution in [3.63, 3.8) is 0 Å². The molecule has 0 amide bonds. The lowest BCUT2D eigenvalue weighted by atomic mass is 9.33. The Balaban J connectivity index is 1.61. The molecule has 10 atom stereocenters. The molecule has 3 nitrogen and oxygen atoms in total. The number of rotatable bonds is 1. The molecule has 0 spiro atoms.